The predicted octanol–water partition coefficient (Wildman–Crippen LogP) is 2.65. The van der Waals surface area contributed by atoms with Gasteiger partial charge in [0.15, 0.2) is 0 Å². The fourth-order valence-corrected chi connectivity index (χ4v) is 3.66. The van der Waals surface area contributed by atoms with Crippen LogP contribution < -0.4 is 10.6 Å². The zero-order chi connectivity index (χ0) is 16.1. The Morgan fingerprint density at radius 2 is 2.05 bits per heavy atom. The lowest BCUT2D eigenvalue weighted by atomic mass is 9.97. The van der Waals surface area contributed by atoms with E-state index in [2.05, 4.69) is 10.6 Å². The van der Waals surface area contributed by atoms with E-state index in [1.807, 2.05) is 32.9 Å². The molecule has 1 aliphatic heterocycles. The van der Waals surface area contributed by atoms with Gasteiger partial charge in [0.1, 0.15) is 0 Å². The molecule has 1 aromatic rings. The summed E-state index contributed by atoms with van der Waals surface area (Å²) >= 11 is 0. The maximum atomic E-state index is 12.5. The van der Waals surface area contributed by atoms with Crippen molar-refractivity contribution in [2.75, 3.05) is 17.2 Å². The number of nitrogens with one attached hydrogen (secondary N) is 2. The van der Waals surface area contributed by atoms with E-state index >= 15 is 0 Å². The van der Waals surface area contributed by atoms with E-state index in [-0.39, 0.29) is 5.91 Å². The molecule has 0 unspecified atom stereocenters. The Kier molecular flexibility index (Phi) is 3.38. The number of hydrogen-bond donors (Lipinski definition) is 3. The minimum absolute atomic E-state index is 0.186. The third-order valence-corrected chi connectivity index (χ3v) is 5.06. The number of aryl methyl sites for hydroxylation is 1. The highest BCUT2D eigenvalue weighted by molar-refractivity contribution is 6.00. The number of amides is 1. The Balaban J connectivity index is 1.83. The maximum Gasteiger partial charge on any atom is 0.307 e. The van der Waals surface area contributed by atoms with Gasteiger partial charge in [0, 0.05) is 17.9 Å². The van der Waals surface area contributed by atoms with E-state index in [1.54, 1.807) is 0 Å². The average molecular weight is 302 g/mol. The zero-order valence-corrected chi connectivity index (χ0v) is 13.2. The molecule has 1 aliphatic carbocycles. The van der Waals surface area contributed by atoms with Crippen LogP contribution in [0.3, 0.4) is 0 Å². The fourth-order valence-electron chi connectivity index (χ4n) is 3.66. The molecule has 0 aromatic heterocycles. The van der Waals surface area contributed by atoms with Crippen LogP contribution in [0.15, 0.2) is 12.1 Å². The molecular formula is C17H22N2O3. The summed E-state index contributed by atoms with van der Waals surface area (Å²) in [6, 6.07) is 3.91. The molecule has 1 fully saturated rings. The molecule has 5 nitrogen and oxygen atoms in total. The molecule has 5 heteroatoms. The number of rotatable bonds is 3. The SMILES string of the molecule is Cc1ccc(NC(=O)[C@@H]2[C@H](C(=O)O)C2(C)C)c2c1NCCC2. The Bertz CT molecular complexity index is 652. The van der Waals surface area contributed by atoms with Crippen molar-refractivity contribution in [3.63, 3.8) is 0 Å². The van der Waals surface area contributed by atoms with Gasteiger partial charge in [-0.15, -0.1) is 0 Å². The molecule has 1 aromatic carbocycles. The van der Waals surface area contributed by atoms with Gasteiger partial charge in [-0.05, 0) is 42.4 Å². The molecule has 0 radical (unpaired) electrons. The van der Waals surface area contributed by atoms with Crippen LogP contribution in [0.5, 0.6) is 0 Å². The quantitative estimate of drug-likeness (QED) is 0.802. The number of carboxylic acid groups (broad SMARTS) is 1. The van der Waals surface area contributed by atoms with Crippen LogP contribution in [0.4, 0.5) is 11.4 Å². The molecule has 0 saturated heterocycles. The van der Waals surface area contributed by atoms with Crippen molar-refractivity contribution in [1.82, 2.24) is 0 Å². The largest absolute Gasteiger partial charge is 0.481 e. The second kappa shape index (κ2) is 5.00. The maximum absolute atomic E-state index is 12.5. The summed E-state index contributed by atoms with van der Waals surface area (Å²) < 4.78 is 0. The first-order valence-electron chi connectivity index (χ1n) is 7.74. The summed E-state index contributed by atoms with van der Waals surface area (Å²) in [5.74, 6) is -2.13. The third kappa shape index (κ3) is 2.25. The lowest BCUT2D eigenvalue weighted by Crippen LogP contribution is -2.21. The van der Waals surface area contributed by atoms with Gasteiger partial charge < -0.3 is 15.7 Å². The molecule has 0 spiro atoms. The van der Waals surface area contributed by atoms with E-state index < -0.39 is 23.2 Å². The van der Waals surface area contributed by atoms with E-state index in [9.17, 15) is 14.7 Å². The smallest absolute Gasteiger partial charge is 0.307 e. The molecule has 3 rings (SSSR count). The van der Waals surface area contributed by atoms with Crippen LogP contribution in [0, 0.1) is 24.2 Å². The Morgan fingerprint density at radius 3 is 2.68 bits per heavy atom. The highest BCUT2D eigenvalue weighted by atomic mass is 16.4. The number of carbonyl (C=O) groups is 2. The van der Waals surface area contributed by atoms with E-state index in [0.29, 0.717) is 0 Å². The lowest BCUT2D eigenvalue weighted by Gasteiger charge is -2.23. The fraction of sp³-hybridized carbons (Fsp3) is 0.529. The third-order valence-electron chi connectivity index (χ3n) is 5.06. The molecule has 1 heterocycles. The van der Waals surface area contributed by atoms with Crippen molar-refractivity contribution >= 4 is 23.3 Å². The number of fused-ring (bicyclic) bond motifs is 1. The number of carboxylic acids is 1. The van der Waals surface area contributed by atoms with Crippen molar-refractivity contribution in [2.45, 2.75) is 33.6 Å². The number of anilines is 2. The van der Waals surface area contributed by atoms with Crippen LogP contribution in [-0.2, 0) is 16.0 Å². The lowest BCUT2D eigenvalue weighted by molar-refractivity contribution is -0.140. The normalized spacial score (nSPS) is 24.9. The van der Waals surface area contributed by atoms with Gasteiger partial charge in [-0.2, -0.15) is 0 Å². The van der Waals surface area contributed by atoms with E-state index in [1.165, 1.54) is 5.56 Å². The van der Waals surface area contributed by atoms with Gasteiger partial charge in [-0.1, -0.05) is 19.9 Å². The van der Waals surface area contributed by atoms with Gasteiger partial charge in [-0.3, -0.25) is 9.59 Å². The summed E-state index contributed by atoms with van der Waals surface area (Å²) in [5, 5.41) is 15.6. The standard InChI is InChI=1S/C17H22N2O3/c1-9-6-7-11(10-5-4-8-18-14(9)10)19-15(20)12-13(16(21)22)17(12,2)3/h6-7,12-13,18H,4-5,8H2,1-3H3,(H,19,20)(H,21,22)/t12-,13+/m0/s1. The van der Waals surface area contributed by atoms with Crippen molar-refractivity contribution < 1.29 is 14.7 Å². The highest BCUT2D eigenvalue weighted by Gasteiger charge is 2.65. The van der Waals surface area contributed by atoms with Crippen LogP contribution in [0.1, 0.15) is 31.4 Å². The van der Waals surface area contributed by atoms with Gasteiger partial charge in [0.2, 0.25) is 5.91 Å². The molecule has 1 amide bonds. The van der Waals surface area contributed by atoms with Gasteiger partial charge in [0.05, 0.1) is 11.8 Å². The van der Waals surface area contributed by atoms with Crippen molar-refractivity contribution in [3.8, 4) is 0 Å². The molecule has 0 bridgehead atoms. The molecule has 22 heavy (non-hydrogen) atoms. The highest BCUT2D eigenvalue weighted by Crippen LogP contribution is 2.58. The summed E-state index contributed by atoms with van der Waals surface area (Å²) in [4.78, 5) is 23.7. The molecule has 1 saturated carbocycles. The predicted molar refractivity (Wildman–Crippen MR) is 85.0 cm³/mol. The van der Waals surface area contributed by atoms with Gasteiger partial charge in [-0.25, -0.2) is 0 Å². The number of carbonyl (C=O) groups excluding carboxylic acids is 1. The molecular weight excluding hydrogens is 280 g/mol. The molecule has 2 aliphatic rings. The summed E-state index contributed by atoms with van der Waals surface area (Å²) in [5.41, 5.74) is 3.74. The molecule has 2 atom stereocenters. The molecule has 118 valence electrons. The minimum Gasteiger partial charge on any atom is -0.481 e. The number of hydrogen-bond acceptors (Lipinski definition) is 3. The number of benzene rings is 1. The Morgan fingerprint density at radius 1 is 1.32 bits per heavy atom. The van der Waals surface area contributed by atoms with Gasteiger partial charge in [0.25, 0.3) is 0 Å². The van der Waals surface area contributed by atoms with Crippen LogP contribution >= 0.6 is 0 Å². The van der Waals surface area contributed by atoms with Crippen LogP contribution in [0.2, 0.25) is 0 Å². The molecule has 3 N–H and O–H groups in total. The minimum atomic E-state index is -0.891. The second-order valence-electron chi connectivity index (χ2n) is 6.92. The first-order chi connectivity index (χ1) is 10.3. The Hall–Kier alpha value is -2.04. The topological polar surface area (TPSA) is 78.4 Å². The van der Waals surface area contributed by atoms with Crippen molar-refractivity contribution in [3.05, 3.63) is 23.3 Å². The van der Waals surface area contributed by atoms with Crippen molar-refractivity contribution in [1.29, 1.82) is 0 Å². The Labute approximate surface area is 130 Å². The first kappa shape index (κ1) is 14.9. The van der Waals surface area contributed by atoms with E-state index in [0.717, 1.165) is 36.3 Å². The van der Waals surface area contributed by atoms with Crippen LogP contribution in [0.25, 0.3) is 0 Å². The zero-order valence-electron chi connectivity index (χ0n) is 13.2. The summed E-state index contributed by atoms with van der Waals surface area (Å²) in [6.45, 7) is 6.67. The van der Waals surface area contributed by atoms with E-state index in [4.69, 9.17) is 0 Å². The summed E-state index contributed by atoms with van der Waals surface area (Å²) in [6.07, 6.45) is 1.96. The first-order valence-corrected chi connectivity index (χ1v) is 7.74. The summed E-state index contributed by atoms with van der Waals surface area (Å²) in [7, 11) is 0. The van der Waals surface area contributed by atoms with Crippen LogP contribution in [-0.4, -0.2) is 23.5 Å². The number of aliphatic carboxylic acids is 1. The monoisotopic (exact) mass is 302 g/mol. The van der Waals surface area contributed by atoms with Gasteiger partial charge >= 0.3 is 5.97 Å². The second-order valence-corrected chi connectivity index (χ2v) is 6.92. The van der Waals surface area contributed by atoms with Crippen molar-refractivity contribution in [2.24, 2.45) is 17.3 Å². The average Bonchev–Trinajstić information content (AvgIpc) is 3.05.